The number of amides is 1. The van der Waals surface area contributed by atoms with Crippen molar-refractivity contribution < 1.29 is 19.4 Å². The Morgan fingerprint density at radius 3 is 2.00 bits per heavy atom. The molecule has 3 unspecified atom stereocenters. The van der Waals surface area contributed by atoms with Gasteiger partial charge in [-0.3, -0.25) is 9.59 Å². The van der Waals surface area contributed by atoms with Gasteiger partial charge in [0, 0.05) is 25.9 Å². The molecule has 0 aliphatic rings. The first-order valence-electron chi connectivity index (χ1n) is 9.95. The monoisotopic (exact) mass is 357 g/mol. The van der Waals surface area contributed by atoms with E-state index in [1.807, 2.05) is 0 Å². The number of carbonyl (C=O) groups excluding carboxylic acids is 2. The molecule has 0 bridgehead atoms. The maximum Gasteiger partial charge on any atom is 0.220 e. The minimum atomic E-state index is -0.950. The second kappa shape index (κ2) is 15.3. The van der Waals surface area contributed by atoms with Gasteiger partial charge in [0.25, 0.3) is 0 Å². The van der Waals surface area contributed by atoms with Crippen molar-refractivity contribution in [2.24, 2.45) is 5.92 Å². The van der Waals surface area contributed by atoms with Crippen molar-refractivity contribution >= 4 is 11.7 Å². The van der Waals surface area contributed by atoms with Gasteiger partial charge in [-0.25, -0.2) is 0 Å². The zero-order valence-electron chi connectivity index (χ0n) is 16.7. The van der Waals surface area contributed by atoms with Crippen LogP contribution < -0.4 is 5.32 Å². The number of hydrogen-bond donors (Lipinski definition) is 2. The summed E-state index contributed by atoms with van der Waals surface area (Å²) in [5.41, 5.74) is 0. The molecule has 0 fully saturated rings. The molecule has 0 radical (unpaired) electrons. The van der Waals surface area contributed by atoms with E-state index in [2.05, 4.69) is 12.2 Å². The molecule has 2 N–H and O–H groups in total. The van der Waals surface area contributed by atoms with E-state index in [0.29, 0.717) is 6.42 Å². The van der Waals surface area contributed by atoms with Crippen LogP contribution in [-0.2, 0) is 14.3 Å². The first-order chi connectivity index (χ1) is 11.9. The summed E-state index contributed by atoms with van der Waals surface area (Å²) in [7, 11) is 1.40. The average Bonchev–Trinajstić information content (AvgIpc) is 2.59. The van der Waals surface area contributed by atoms with Crippen molar-refractivity contribution in [3.8, 4) is 0 Å². The summed E-state index contributed by atoms with van der Waals surface area (Å²) < 4.78 is 4.80. The van der Waals surface area contributed by atoms with E-state index in [9.17, 15) is 14.7 Å². The molecule has 0 aliphatic heterocycles. The van der Waals surface area contributed by atoms with Crippen molar-refractivity contribution in [3.05, 3.63) is 0 Å². The molecule has 5 nitrogen and oxygen atoms in total. The Kier molecular flexibility index (Phi) is 14.7. The fraction of sp³-hybridized carbons (Fsp3) is 0.900. The summed E-state index contributed by atoms with van der Waals surface area (Å²) in [5, 5.41) is 12.3. The third-order valence-corrected chi connectivity index (χ3v) is 4.62. The van der Waals surface area contributed by atoms with Crippen LogP contribution in [0.15, 0.2) is 0 Å². The number of ketones is 1. The summed E-state index contributed by atoms with van der Waals surface area (Å²) in [5.74, 6) is -0.429. The van der Waals surface area contributed by atoms with Crippen LogP contribution in [-0.4, -0.2) is 36.2 Å². The van der Waals surface area contributed by atoms with E-state index in [1.165, 1.54) is 52.1 Å². The van der Waals surface area contributed by atoms with Gasteiger partial charge < -0.3 is 15.2 Å². The lowest BCUT2D eigenvalue weighted by atomic mass is 10.00. The van der Waals surface area contributed by atoms with Gasteiger partial charge in [-0.1, -0.05) is 65.2 Å². The van der Waals surface area contributed by atoms with Gasteiger partial charge in [-0.15, -0.1) is 0 Å². The highest BCUT2D eigenvalue weighted by Crippen LogP contribution is 2.12. The Bertz CT molecular complexity index is 360. The fourth-order valence-electron chi connectivity index (χ4n) is 2.82. The molecule has 25 heavy (non-hydrogen) atoms. The predicted octanol–water partition coefficient (Wildman–Crippen LogP) is 3.97. The number of Topliss-reactive ketones (excluding diaryl/α,β-unsaturated/α-hetero) is 1. The zero-order valence-corrected chi connectivity index (χ0v) is 16.7. The maximum absolute atomic E-state index is 12.1. The molecule has 0 aliphatic carbocycles. The smallest absolute Gasteiger partial charge is 0.220 e. The molecule has 0 saturated carbocycles. The quantitative estimate of drug-likeness (QED) is 0.324. The largest absolute Gasteiger partial charge is 0.368 e. The summed E-state index contributed by atoms with van der Waals surface area (Å²) in [6, 6.07) is -0.516. The minimum Gasteiger partial charge on any atom is -0.368 e. The van der Waals surface area contributed by atoms with Crippen LogP contribution in [0, 0.1) is 5.92 Å². The highest BCUT2D eigenvalue weighted by atomic mass is 16.6. The Morgan fingerprint density at radius 1 is 0.960 bits per heavy atom. The van der Waals surface area contributed by atoms with Crippen molar-refractivity contribution in [2.45, 2.75) is 104 Å². The molecular weight excluding hydrogens is 318 g/mol. The Hall–Kier alpha value is -0.940. The summed E-state index contributed by atoms with van der Waals surface area (Å²) in [4.78, 5) is 24.0. The molecule has 148 valence electrons. The van der Waals surface area contributed by atoms with Crippen LogP contribution in [0.5, 0.6) is 0 Å². The standard InChI is InChI=1S/C20H39NO4/c1-5-6-7-8-9-10-11-12-13-14-19(23)21-17(3)18(22)15-16(2)20(24)25-4/h16-17,20,24H,5-15H2,1-4H3,(H,21,23). The number of aliphatic hydroxyl groups is 1. The van der Waals surface area contributed by atoms with Crippen LogP contribution in [0.25, 0.3) is 0 Å². The molecule has 0 aromatic rings. The summed E-state index contributed by atoms with van der Waals surface area (Å²) in [6.45, 7) is 5.67. The van der Waals surface area contributed by atoms with Crippen molar-refractivity contribution in [3.63, 3.8) is 0 Å². The predicted molar refractivity (Wildman–Crippen MR) is 101 cm³/mol. The SMILES string of the molecule is CCCCCCCCCCCC(=O)NC(C)C(=O)CC(C)C(O)OC. The summed E-state index contributed by atoms with van der Waals surface area (Å²) in [6.07, 6.45) is 10.7. The third kappa shape index (κ3) is 13.0. The van der Waals surface area contributed by atoms with Gasteiger partial charge in [0.05, 0.1) is 6.04 Å². The van der Waals surface area contributed by atoms with E-state index < -0.39 is 12.3 Å². The van der Waals surface area contributed by atoms with Gasteiger partial charge in [-0.2, -0.15) is 0 Å². The zero-order chi connectivity index (χ0) is 19.1. The second-order valence-electron chi connectivity index (χ2n) is 7.14. The van der Waals surface area contributed by atoms with Crippen LogP contribution in [0.1, 0.15) is 91.4 Å². The molecule has 0 aromatic carbocycles. The van der Waals surface area contributed by atoms with Gasteiger partial charge >= 0.3 is 0 Å². The molecule has 5 heteroatoms. The van der Waals surface area contributed by atoms with Gasteiger partial charge in [0.1, 0.15) is 0 Å². The van der Waals surface area contributed by atoms with Crippen molar-refractivity contribution in [1.29, 1.82) is 0 Å². The number of rotatable bonds is 16. The van der Waals surface area contributed by atoms with E-state index in [0.717, 1.165) is 12.8 Å². The normalized spacial score (nSPS) is 14.8. The Labute approximate surface area is 153 Å². The highest BCUT2D eigenvalue weighted by Gasteiger charge is 2.21. The number of nitrogens with one attached hydrogen (secondary N) is 1. The van der Waals surface area contributed by atoms with Crippen LogP contribution in [0.3, 0.4) is 0 Å². The number of unbranched alkanes of at least 4 members (excludes halogenated alkanes) is 8. The van der Waals surface area contributed by atoms with E-state index in [4.69, 9.17) is 4.74 Å². The first kappa shape index (κ1) is 24.1. The topological polar surface area (TPSA) is 75.6 Å². The fourth-order valence-corrected chi connectivity index (χ4v) is 2.82. The van der Waals surface area contributed by atoms with Crippen LogP contribution >= 0.6 is 0 Å². The van der Waals surface area contributed by atoms with Crippen molar-refractivity contribution in [2.75, 3.05) is 7.11 Å². The van der Waals surface area contributed by atoms with Gasteiger partial charge in [0.2, 0.25) is 5.91 Å². The van der Waals surface area contributed by atoms with Crippen molar-refractivity contribution in [1.82, 2.24) is 5.32 Å². The molecular formula is C20H39NO4. The molecule has 0 saturated heterocycles. The lowest BCUT2D eigenvalue weighted by molar-refractivity contribution is -0.134. The minimum absolute atomic E-state index is 0.0660. The maximum atomic E-state index is 12.1. The van der Waals surface area contributed by atoms with E-state index in [1.54, 1.807) is 13.8 Å². The van der Waals surface area contributed by atoms with Gasteiger partial charge in [-0.05, 0) is 13.3 Å². The highest BCUT2D eigenvalue weighted by molar-refractivity contribution is 5.88. The average molecular weight is 358 g/mol. The molecule has 1 amide bonds. The molecule has 3 atom stereocenters. The van der Waals surface area contributed by atoms with E-state index in [-0.39, 0.29) is 24.0 Å². The second-order valence-corrected chi connectivity index (χ2v) is 7.14. The molecule has 0 spiro atoms. The lowest BCUT2D eigenvalue weighted by Crippen LogP contribution is -2.39. The lowest BCUT2D eigenvalue weighted by Gasteiger charge is -2.19. The Morgan fingerprint density at radius 2 is 1.48 bits per heavy atom. The molecule has 0 aromatic heterocycles. The molecule has 0 rings (SSSR count). The number of methoxy groups -OCH3 is 1. The molecule has 0 heterocycles. The number of ether oxygens (including phenoxy) is 1. The van der Waals surface area contributed by atoms with Gasteiger partial charge in [0.15, 0.2) is 12.1 Å². The first-order valence-corrected chi connectivity index (χ1v) is 9.95. The third-order valence-electron chi connectivity index (χ3n) is 4.62. The van der Waals surface area contributed by atoms with E-state index >= 15 is 0 Å². The Balaban J connectivity index is 3.72. The number of carbonyl (C=O) groups is 2. The number of aliphatic hydroxyl groups excluding tert-OH is 1. The summed E-state index contributed by atoms with van der Waals surface area (Å²) >= 11 is 0. The van der Waals surface area contributed by atoms with Crippen LogP contribution in [0.2, 0.25) is 0 Å². The van der Waals surface area contributed by atoms with Crippen LogP contribution in [0.4, 0.5) is 0 Å². The number of hydrogen-bond acceptors (Lipinski definition) is 4.